The topological polar surface area (TPSA) is 173 Å². The minimum absolute atomic E-state index is 0.0278. The Hall–Kier alpha value is -2.79. The maximum Gasteiger partial charge on any atom is 0.407 e. The second-order valence-electron chi connectivity index (χ2n) is 13.0. The highest BCUT2D eigenvalue weighted by Crippen LogP contribution is 2.33. The van der Waals surface area contributed by atoms with Crippen LogP contribution in [0.2, 0.25) is 0 Å². The molecule has 0 saturated carbocycles. The molecule has 2 heterocycles. The highest BCUT2D eigenvalue weighted by Gasteiger charge is 2.44. The summed E-state index contributed by atoms with van der Waals surface area (Å²) >= 11 is 0. The highest BCUT2D eigenvalue weighted by molar-refractivity contribution is 7.89. The lowest BCUT2D eigenvalue weighted by Gasteiger charge is -2.35. The molecule has 47 heavy (non-hydrogen) atoms. The molecular formula is C32H48N4O9S2. The van der Waals surface area contributed by atoms with Gasteiger partial charge in [0.05, 0.1) is 42.4 Å². The summed E-state index contributed by atoms with van der Waals surface area (Å²) in [6.07, 6.45) is 0.0446. The number of fused-ring (bicyclic) bond motifs is 1. The van der Waals surface area contributed by atoms with Crippen LogP contribution >= 0.6 is 0 Å². The van der Waals surface area contributed by atoms with Crippen LogP contribution in [0, 0.1) is 11.3 Å². The first kappa shape index (κ1) is 37.0. The van der Waals surface area contributed by atoms with Crippen molar-refractivity contribution in [1.29, 1.82) is 0 Å². The molecule has 2 aliphatic rings. The fourth-order valence-corrected chi connectivity index (χ4v) is 8.16. The number of amides is 1. The van der Waals surface area contributed by atoms with Gasteiger partial charge < -0.3 is 30.0 Å². The summed E-state index contributed by atoms with van der Waals surface area (Å²) in [6, 6.07) is 14.8. The van der Waals surface area contributed by atoms with E-state index in [9.17, 15) is 26.7 Å². The van der Waals surface area contributed by atoms with Crippen LogP contribution in [0.4, 0.5) is 10.5 Å². The van der Waals surface area contributed by atoms with Gasteiger partial charge in [0.25, 0.3) is 0 Å². The predicted molar refractivity (Wildman–Crippen MR) is 178 cm³/mol. The SMILES string of the molecule is CNc1cccc(S(=O)(=O)N(C[C@@H](O)[C@H](Cc2ccccc2)NC(=O)O[C@H]2CO[C@H]3OCC[C@H]32)CC(C)(C)CCCNS(C)(=O)=O)c1. The smallest absolute Gasteiger partial charge is 0.407 e. The number of nitrogens with one attached hydrogen (secondary N) is 3. The lowest BCUT2D eigenvalue weighted by atomic mass is 9.87. The molecule has 2 aromatic rings. The van der Waals surface area contributed by atoms with E-state index < -0.39 is 56.1 Å². The van der Waals surface area contributed by atoms with Crippen LogP contribution in [-0.2, 0) is 40.7 Å². The normalized spacial score (nSPS) is 21.3. The summed E-state index contributed by atoms with van der Waals surface area (Å²) in [5.41, 5.74) is 0.839. The van der Waals surface area contributed by atoms with E-state index in [1.807, 2.05) is 44.2 Å². The molecule has 15 heteroatoms. The standard InChI is InChI=1S/C32H48N4O9S2/c1-32(2,15-9-16-34-46(4,39)40)22-36(47(41,42)25-13-8-12-24(19-25)33-3)20-28(37)27(18-23-10-6-5-7-11-23)35-31(38)45-29-21-44-30-26(29)14-17-43-30/h5-8,10-13,19,26-30,33-34,37H,9,14-18,20-22H2,1-4H3,(H,35,38)/t26-,27-,28+,29-,30+/m0/s1. The minimum Gasteiger partial charge on any atom is -0.443 e. The molecule has 4 N–H and O–H groups in total. The molecule has 0 unspecified atom stereocenters. The number of rotatable bonds is 17. The maximum atomic E-state index is 14.2. The number of hydrogen-bond donors (Lipinski definition) is 4. The molecule has 2 saturated heterocycles. The van der Waals surface area contributed by atoms with Crippen molar-refractivity contribution < 1.29 is 40.9 Å². The molecule has 0 aliphatic carbocycles. The van der Waals surface area contributed by atoms with E-state index in [0.717, 1.165) is 11.8 Å². The third kappa shape index (κ3) is 10.9. The number of benzene rings is 2. The number of carbonyl (C=O) groups excluding carboxylic acids is 1. The molecule has 4 rings (SSSR count). The average molecular weight is 697 g/mol. The van der Waals surface area contributed by atoms with Crippen LogP contribution in [0.15, 0.2) is 59.5 Å². The third-order valence-corrected chi connectivity index (χ3v) is 11.0. The van der Waals surface area contributed by atoms with Crippen molar-refractivity contribution in [3.05, 3.63) is 60.2 Å². The lowest BCUT2D eigenvalue weighted by molar-refractivity contribution is -0.0907. The van der Waals surface area contributed by atoms with Crippen LogP contribution in [0.25, 0.3) is 0 Å². The molecular weight excluding hydrogens is 649 g/mol. The van der Waals surface area contributed by atoms with Crippen LogP contribution in [0.1, 0.15) is 38.7 Å². The maximum absolute atomic E-state index is 14.2. The number of anilines is 1. The van der Waals surface area contributed by atoms with Gasteiger partial charge in [0.1, 0.15) is 6.10 Å². The highest BCUT2D eigenvalue weighted by atomic mass is 32.2. The van der Waals surface area contributed by atoms with Gasteiger partial charge in [-0.2, -0.15) is 4.31 Å². The second-order valence-corrected chi connectivity index (χ2v) is 16.8. The fourth-order valence-electron chi connectivity index (χ4n) is 5.95. The molecule has 2 fully saturated rings. The van der Waals surface area contributed by atoms with Gasteiger partial charge in [-0.1, -0.05) is 50.2 Å². The van der Waals surface area contributed by atoms with E-state index in [1.165, 1.54) is 16.4 Å². The van der Waals surface area contributed by atoms with Gasteiger partial charge in [-0.25, -0.2) is 26.4 Å². The molecule has 1 amide bonds. The summed E-state index contributed by atoms with van der Waals surface area (Å²) in [5.74, 6) is -0.0675. The molecule has 13 nitrogen and oxygen atoms in total. The van der Waals surface area contributed by atoms with Crippen molar-refractivity contribution >= 4 is 31.8 Å². The first-order valence-corrected chi connectivity index (χ1v) is 19.1. The summed E-state index contributed by atoms with van der Waals surface area (Å²) in [7, 11) is -5.80. The Morgan fingerprint density at radius 2 is 1.85 bits per heavy atom. The van der Waals surface area contributed by atoms with Crippen molar-refractivity contribution in [1.82, 2.24) is 14.3 Å². The van der Waals surface area contributed by atoms with Crippen molar-refractivity contribution in [3.8, 4) is 0 Å². The number of aliphatic hydroxyl groups excluding tert-OH is 1. The number of carbonyl (C=O) groups is 1. The summed E-state index contributed by atoms with van der Waals surface area (Å²) in [6.45, 7) is 4.45. The van der Waals surface area contributed by atoms with Crippen LogP contribution in [0.5, 0.6) is 0 Å². The number of ether oxygens (including phenoxy) is 3. The summed E-state index contributed by atoms with van der Waals surface area (Å²) in [4.78, 5) is 13.2. The second kappa shape index (κ2) is 16.1. The predicted octanol–water partition coefficient (Wildman–Crippen LogP) is 2.53. The molecule has 0 bridgehead atoms. The van der Waals surface area contributed by atoms with E-state index in [2.05, 4.69) is 15.4 Å². The molecule has 262 valence electrons. The molecule has 5 atom stereocenters. The van der Waals surface area contributed by atoms with Gasteiger partial charge in [-0.05, 0) is 54.9 Å². The number of nitrogens with zero attached hydrogens (tertiary/aromatic N) is 1. The molecule has 2 aliphatic heterocycles. The van der Waals surface area contributed by atoms with Gasteiger partial charge >= 0.3 is 6.09 Å². The van der Waals surface area contributed by atoms with Gasteiger partial charge in [-0.3, -0.25) is 0 Å². The largest absolute Gasteiger partial charge is 0.443 e. The van der Waals surface area contributed by atoms with E-state index in [-0.39, 0.29) is 43.5 Å². The van der Waals surface area contributed by atoms with Crippen LogP contribution < -0.4 is 15.4 Å². The zero-order chi connectivity index (χ0) is 34.2. The van der Waals surface area contributed by atoms with Gasteiger partial charge in [0.15, 0.2) is 6.29 Å². The van der Waals surface area contributed by atoms with E-state index in [0.29, 0.717) is 31.6 Å². The third-order valence-electron chi connectivity index (χ3n) is 8.46. The fraction of sp³-hybridized carbons (Fsp3) is 0.594. The van der Waals surface area contributed by atoms with E-state index in [4.69, 9.17) is 14.2 Å². The Morgan fingerprint density at radius 1 is 1.11 bits per heavy atom. The minimum atomic E-state index is -4.13. The quantitative estimate of drug-likeness (QED) is 0.180. The average Bonchev–Trinajstić information content (AvgIpc) is 3.64. The molecule has 0 spiro atoms. The van der Waals surface area contributed by atoms with Crippen molar-refractivity contribution in [3.63, 3.8) is 0 Å². The number of aliphatic hydroxyl groups is 1. The molecule has 0 radical (unpaired) electrons. The first-order valence-electron chi connectivity index (χ1n) is 15.8. The van der Waals surface area contributed by atoms with Crippen molar-refractivity contribution in [2.75, 3.05) is 51.5 Å². The first-order chi connectivity index (χ1) is 22.2. The number of alkyl carbamates (subject to hydrolysis) is 1. The van der Waals surface area contributed by atoms with Crippen LogP contribution in [-0.4, -0.2) is 103 Å². The van der Waals surface area contributed by atoms with Gasteiger partial charge in [0, 0.05) is 32.4 Å². The Balaban J connectivity index is 1.56. The number of hydrogen-bond acceptors (Lipinski definition) is 10. The lowest BCUT2D eigenvalue weighted by Crippen LogP contribution is -2.52. The zero-order valence-electron chi connectivity index (χ0n) is 27.4. The van der Waals surface area contributed by atoms with E-state index in [1.54, 1.807) is 19.2 Å². The monoisotopic (exact) mass is 696 g/mol. The molecule has 0 aromatic heterocycles. The summed E-state index contributed by atoms with van der Waals surface area (Å²) in [5, 5.41) is 17.5. The Kier molecular flexibility index (Phi) is 12.7. The van der Waals surface area contributed by atoms with Gasteiger partial charge in [0.2, 0.25) is 20.0 Å². The van der Waals surface area contributed by atoms with Gasteiger partial charge in [-0.15, -0.1) is 0 Å². The zero-order valence-corrected chi connectivity index (χ0v) is 29.1. The summed E-state index contributed by atoms with van der Waals surface area (Å²) < 4.78 is 72.0. The Labute approximate surface area is 278 Å². The number of sulfonamides is 2. The Bertz CT molecular complexity index is 1540. The van der Waals surface area contributed by atoms with Crippen molar-refractivity contribution in [2.24, 2.45) is 11.3 Å². The molecule has 2 aromatic carbocycles. The van der Waals surface area contributed by atoms with Crippen LogP contribution in [0.3, 0.4) is 0 Å². The Morgan fingerprint density at radius 3 is 2.55 bits per heavy atom. The van der Waals surface area contributed by atoms with Crippen molar-refractivity contribution in [2.45, 2.75) is 69.0 Å². The van der Waals surface area contributed by atoms with E-state index >= 15 is 0 Å².